The number of nitro groups is 1. The zero-order chi connectivity index (χ0) is 18.8. The quantitative estimate of drug-likeness (QED) is 0.500. The smallest absolute Gasteiger partial charge is 0.269 e. The number of benzene rings is 2. The van der Waals surface area contributed by atoms with Crippen molar-refractivity contribution >= 4 is 5.69 Å². The summed E-state index contributed by atoms with van der Waals surface area (Å²) in [5.74, 6) is 0. The number of nitro benzene ring substituents is 1. The normalized spacial score (nSPS) is 17.3. The molecule has 2 aromatic carbocycles. The fourth-order valence-electron chi connectivity index (χ4n) is 3.94. The molecule has 1 aromatic heterocycles. The maximum Gasteiger partial charge on any atom is 0.269 e. The van der Waals surface area contributed by atoms with E-state index in [9.17, 15) is 10.1 Å². The van der Waals surface area contributed by atoms with Crippen molar-refractivity contribution in [1.82, 2.24) is 9.47 Å². The van der Waals surface area contributed by atoms with E-state index in [4.69, 9.17) is 0 Å². The van der Waals surface area contributed by atoms with Crippen molar-refractivity contribution in [3.05, 3.63) is 99.4 Å². The van der Waals surface area contributed by atoms with Crippen LogP contribution in [0.15, 0.2) is 66.9 Å². The van der Waals surface area contributed by atoms with Crippen LogP contribution in [0, 0.1) is 17.0 Å². The van der Waals surface area contributed by atoms with Crippen LogP contribution in [0.4, 0.5) is 5.69 Å². The van der Waals surface area contributed by atoms with Crippen LogP contribution in [0.5, 0.6) is 0 Å². The molecule has 5 heteroatoms. The third-order valence-electron chi connectivity index (χ3n) is 5.25. The summed E-state index contributed by atoms with van der Waals surface area (Å²) in [7, 11) is 0. The van der Waals surface area contributed by atoms with Gasteiger partial charge in [-0.25, -0.2) is 0 Å². The Bertz CT molecular complexity index is 946. The van der Waals surface area contributed by atoms with Gasteiger partial charge in [0.15, 0.2) is 0 Å². The van der Waals surface area contributed by atoms with E-state index in [2.05, 4.69) is 59.0 Å². The van der Waals surface area contributed by atoms with Crippen molar-refractivity contribution < 1.29 is 4.92 Å². The van der Waals surface area contributed by atoms with Crippen LogP contribution in [0.2, 0.25) is 0 Å². The molecule has 0 saturated carbocycles. The Morgan fingerprint density at radius 1 is 1.07 bits per heavy atom. The van der Waals surface area contributed by atoms with E-state index in [1.807, 2.05) is 6.07 Å². The van der Waals surface area contributed by atoms with Crippen LogP contribution >= 0.6 is 0 Å². The molecule has 0 spiro atoms. The summed E-state index contributed by atoms with van der Waals surface area (Å²) in [5.41, 5.74) is 4.90. The van der Waals surface area contributed by atoms with Gasteiger partial charge in [0.25, 0.3) is 5.69 Å². The second-order valence-electron chi connectivity index (χ2n) is 7.19. The molecule has 3 aromatic rings. The molecule has 0 N–H and O–H groups in total. The predicted molar refractivity (Wildman–Crippen MR) is 106 cm³/mol. The molecular formula is C22H23N3O2. The van der Waals surface area contributed by atoms with E-state index in [0.717, 1.165) is 25.1 Å². The van der Waals surface area contributed by atoms with E-state index in [1.165, 1.54) is 16.8 Å². The van der Waals surface area contributed by atoms with Gasteiger partial charge in [-0.1, -0.05) is 42.0 Å². The van der Waals surface area contributed by atoms with Gasteiger partial charge in [0, 0.05) is 43.7 Å². The number of fused-ring (bicyclic) bond motifs is 1. The van der Waals surface area contributed by atoms with E-state index in [0.29, 0.717) is 6.54 Å². The van der Waals surface area contributed by atoms with Crippen molar-refractivity contribution in [2.75, 3.05) is 6.54 Å². The lowest BCUT2D eigenvalue weighted by Crippen LogP contribution is -2.29. The summed E-state index contributed by atoms with van der Waals surface area (Å²) in [6.45, 7) is 4.73. The van der Waals surface area contributed by atoms with Crippen molar-refractivity contribution in [3.63, 3.8) is 0 Å². The molecule has 0 fully saturated rings. The van der Waals surface area contributed by atoms with E-state index >= 15 is 0 Å². The summed E-state index contributed by atoms with van der Waals surface area (Å²) in [4.78, 5) is 13.2. The van der Waals surface area contributed by atoms with Crippen LogP contribution in [0.25, 0.3) is 0 Å². The average molecular weight is 361 g/mol. The average Bonchev–Trinajstić information content (AvgIpc) is 3.05. The number of hydrogen-bond acceptors (Lipinski definition) is 3. The van der Waals surface area contributed by atoms with Crippen LogP contribution < -0.4 is 0 Å². The van der Waals surface area contributed by atoms with E-state index in [-0.39, 0.29) is 16.7 Å². The maximum absolute atomic E-state index is 11.1. The topological polar surface area (TPSA) is 51.3 Å². The molecule has 2 heterocycles. The Balaban J connectivity index is 1.72. The predicted octanol–water partition coefficient (Wildman–Crippen LogP) is 4.70. The van der Waals surface area contributed by atoms with Crippen LogP contribution in [0.1, 0.15) is 34.8 Å². The van der Waals surface area contributed by atoms with Gasteiger partial charge in [0.2, 0.25) is 0 Å². The molecule has 5 nitrogen and oxygen atoms in total. The molecule has 1 aliphatic heterocycles. The van der Waals surface area contributed by atoms with Crippen LogP contribution in [-0.2, 0) is 13.1 Å². The highest BCUT2D eigenvalue weighted by Crippen LogP contribution is 2.33. The highest BCUT2D eigenvalue weighted by atomic mass is 16.6. The zero-order valence-corrected chi connectivity index (χ0v) is 15.4. The SMILES string of the molecule is Cc1ccc([C@@H]2c3cccn3CCCN2Cc2cccc([N+](=O)[O-])c2)cc1. The Hall–Kier alpha value is -2.92. The number of nitrogens with zero attached hydrogens (tertiary/aromatic N) is 3. The third-order valence-corrected chi connectivity index (χ3v) is 5.25. The van der Waals surface area contributed by atoms with Crippen molar-refractivity contribution in [2.24, 2.45) is 0 Å². The van der Waals surface area contributed by atoms with Gasteiger partial charge in [-0.3, -0.25) is 15.0 Å². The Morgan fingerprint density at radius 2 is 1.89 bits per heavy atom. The molecule has 4 rings (SSSR count). The van der Waals surface area contributed by atoms with Crippen molar-refractivity contribution in [2.45, 2.75) is 32.5 Å². The molecule has 1 atom stereocenters. The van der Waals surface area contributed by atoms with Gasteiger partial charge >= 0.3 is 0 Å². The summed E-state index contributed by atoms with van der Waals surface area (Å²) in [6.07, 6.45) is 3.20. The molecule has 0 bridgehead atoms. The summed E-state index contributed by atoms with van der Waals surface area (Å²) in [6, 6.07) is 20.1. The number of aryl methyl sites for hydroxylation is 2. The molecule has 138 valence electrons. The number of rotatable bonds is 4. The summed E-state index contributed by atoms with van der Waals surface area (Å²) < 4.78 is 2.33. The second-order valence-corrected chi connectivity index (χ2v) is 7.19. The first-order chi connectivity index (χ1) is 13.1. The fourth-order valence-corrected chi connectivity index (χ4v) is 3.94. The molecular weight excluding hydrogens is 338 g/mol. The summed E-state index contributed by atoms with van der Waals surface area (Å²) >= 11 is 0. The van der Waals surface area contributed by atoms with Gasteiger partial charge in [-0.15, -0.1) is 0 Å². The lowest BCUT2D eigenvalue weighted by molar-refractivity contribution is -0.384. The number of aromatic nitrogens is 1. The zero-order valence-electron chi connectivity index (χ0n) is 15.4. The summed E-state index contributed by atoms with van der Waals surface area (Å²) in [5, 5.41) is 11.1. The molecule has 0 amide bonds. The van der Waals surface area contributed by atoms with Crippen LogP contribution in [-0.4, -0.2) is 20.9 Å². The second kappa shape index (κ2) is 7.37. The highest BCUT2D eigenvalue weighted by Gasteiger charge is 2.27. The third kappa shape index (κ3) is 3.64. The first kappa shape index (κ1) is 17.5. The fraction of sp³-hybridized carbons (Fsp3) is 0.273. The van der Waals surface area contributed by atoms with Gasteiger partial charge in [0.05, 0.1) is 11.0 Å². The minimum atomic E-state index is -0.325. The maximum atomic E-state index is 11.1. The molecule has 1 aliphatic rings. The van der Waals surface area contributed by atoms with E-state index in [1.54, 1.807) is 18.2 Å². The Morgan fingerprint density at radius 3 is 2.67 bits per heavy atom. The van der Waals surface area contributed by atoms with Gasteiger partial charge in [-0.2, -0.15) is 0 Å². The van der Waals surface area contributed by atoms with Crippen molar-refractivity contribution in [3.8, 4) is 0 Å². The molecule has 0 unspecified atom stereocenters. The van der Waals surface area contributed by atoms with Crippen LogP contribution in [0.3, 0.4) is 0 Å². The van der Waals surface area contributed by atoms with Gasteiger partial charge in [-0.05, 0) is 36.6 Å². The van der Waals surface area contributed by atoms with Gasteiger partial charge < -0.3 is 4.57 Å². The number of non-ortho nitro benzene ring substituents is 1. The standard InChI is InChI=1S/C22H23N3O2/c1-17-8-10-19(11-9-17)22-21-7-3-12-23(21)13-4-14-24(22)16-18-5-2-6-20(15-18)25(26)27/h2-3,5-12,15,22H,4,13-14,16H2,1H3/t22-/m1/s1. The first-order valence-electron chi connectivity index (χ1n) is 9.31. The minimum Gasteiger partial charge on any atom is -0.350 e. The molecule has 0 aliphatic carbocycles. The highest BCUT2D eigenvalue weighted by molar-refractivity contribution is 5.35. The monoisotopic (exact) mass is 361 g/mol. The molecule has 0 radical (unpaired) electrons. The van der Waals surface area contributed by atoms with Gasteiger partial charge in [0.1, 0.15) is 0 Å². The number of hydrogen-bond donors (Lipinski definition) is 0. The minimum absolute atomic E-state index is 0.141. The Labute approximate surface area is 159 Å². The van der Waals surface area contributed by atoms with E-state index < -0.39 is 0 Å². The Kier molecular flexibility index (Phi) is 4.77. The molecule has 0 saturated heterocycles. The lowest BCUT2D eigenvalue weighted by atomic mass is 10.00. The molecule has 27 heavy (non-hydrogen) atoms. The largest absolute Gasteiger partial charge is 0.350 e. The first-order valence-corrected chi connectivity index (χ1v) is 9.31. The lowest BCUT2D eigenvalue weighted by Gasteiger charge is -2.30. The van der Waals surface area contributed by atoms with Crippen molar-refractivity contribution in [1.29, 1.82) is 0 Å².